The summed E-state index contributed by atoms with van der Waals surface area (Å²) in [5, 5.41) is 3.93. The number of aryl methyl sites for hydroxylation is 1. The second-order valence-corrected chi connectivity index (χ2v) is 9.79. The van der Waals surface area contributed by atoms with Crippen molar-refractivity contribution >= 4 is 35.0 Å². The van der Waals surface area contributed by atoms with Crippen LogP contribution >= 0.6 is 23.2 Å². The van der Waals surface area contributed by atoms with Crippen LogP contribution in [0.2, 0.25) is 10.0 Å². The largest absolute Gasteiger partial charge is 0.493 e. The van der Waals surface area contributed by atoms with Gasteiger partial charge in [0.25, 0.3) is 0 Å². The normalized spacial score (nSPS) is 11.5. The minimum absolute atomic E-state index is 0.154. The molecule has 3 aromatic rings. The quantitative estimate of drug-likeness (QED) is 0.276. The zero-order chi connectivity index (χ0) is 27.5. The molecule has 0 heterocycles. The molecule has 0 aliphatic heterocycles. The van der Waals surface area contributed by atoms with Gasteiger partial charge < -0.3 is 19.7 Å². The average Bonchev–Trinajstić information content (AvgIpc) is 2.93. The molecule has 38 heavy (non-hydrogen) atoms. The maximum atomic E-state index is 13.8. The minimum atomic E-state index is -0.714. The van der Waals surface area contributed by atoms with Crippen LogP contribution in [-0.2, 0) is 29.0 Å². The first-order valence-electron chi connectivity index (χ1n) is 12.6. The molecule has 0 unspecified atom stereocenters. The molecule has 202 valence electrons. The molecule has 1 N–H and O–H groups in total. The fraction of sp³-hybridized carbons (Fsp3) is 0.333. The predicted octanol–water partition coefficient (Wildman–Crippen LogP) is 6.11. The first-order valence-corrected chi connectivity index (χ1v) is 13.4. The van der Waals surface area contributed by atoms with E-state index in [-0.39, 0.29) is 24.8 Å². The fourth-order valence-corrected chi connectivity index (χ4v) is 4.65. The van der Waals surface area contributed by atoms with Gasteiger partial charge in [-0.15, -0.1) is 0 Å². The highest BCUT2D eigenvalue weighted by atomic mass is 35.5. The lowest BCUT2D eigenvalue weighted by atomic mass is 10.0. The Morgan fingerprint density at radius 3 is 2.32 bits per heavy atom. The second kappa shape index (κ2) is 14.6. The van der Waals surface area contributed by atoms with Crippen LogP contribution in [0.25, 0.3) is 0 Å². The van der Waals surface area contributed by atoms with Gasteiger partial charge in [-0.3, -0.25) is 9.59 Å². The number of carbonyl (C=O) groups is 2. The second-order valence-electron chi connectivity index (χ2n) is 8.94. The fourth-order valence-electron chi connectivity index (χ4n) is 4.18. The van der Waals surface area contributed by atoms with Crippen LogP contribution in [0.5, 0.6) is 11.5 Å². The minimum Gasteiger partial charge on any atom is -0.493 e. The number of carbonyl (C=O) groups excluding carboxylic acids is 2. The van der Waals surface area contributed by atoms with Crippen molar-refractivity contribution in [3.8, 4) is 11.5 Å². The summed E-state index contributed by atoms with van der Waals surface area (Å²) in [7, 11) is 3.16. The third kappa shape index (κ3) is 8.14. The Morgan fingerprint density at radius 1 is 0.921 bits per heavy atom. The molecule has 0 aliphatic rings. The van der Waals surface area contributed by atoms with Crippen LogP contribution in [0.4, 0.5) is 0 Å². The monoisotopic (exact) mass is 556 g/mol. The van der Waals surface area contributed by atoms with Crippen LogP contribution in [0.15, 0.2) is 66.7 Å². The van der Waals surface area contributed by atoms with Gasteiger partial charge >= 0.3 is 0 Å². The van der Waals surface area contributed by atoms with E-state index in [4.69, 9.17) is 32.7 Å². The van der Waals surface area contributed by atoms with Gasteiger partial charge in [0.05, 0.1) is 14.2 Å². The van der Waals surface area contributed by atoms with E-state index in [2.05, 4.69) is 5.32 Å². The number of methoxy groups -OCH3 is 2. The highest BCUT2D eigenvalue weighted by Crippen LogP contribution is 2.29. The molecule has 6 nitrogen and oxygen atoms in total. The Labute approximate surface area is 234 Å². The van der Waals surface area contributed by atoms with Gasteiger partial charge in [-0.1, -0.05) is 72.6 Å². The van der Waals surface area contributed by atoms with Crippen LogP contribution in [0.3, 0.4) is 0 Å². The molecular formula is C30H34Cl2N2O4. The molecule has 8 heteroatoms. The lowest BCUT2D eigenvalue weighted by molar-refractivity contribution is -0.141. The topological polar surface area (TPSA) is 67.9 Å². The van der Waals surface area contributed by atoms with Gasteiger partial charge in [0, 0.05) is 36.0 Å². The number of amides is 2. The summed E-state index contributed by atoms with van der Waals surface area (Å²) in [4.78, 5) is 28.9. The Morgan fingerprint density at radius 2 is 1.66 bits per heavy atom. The number of nitrogens with zero attached hydrogens (tertiary/aromatic N) is 1. The zero-order valence-corrected chi connectivity index (χ0v) is 23.5. The Hall–Kier alpha value is -3.22. The summed E-state index contributed by atoms with van der Waals surface area (Å²) in [5.41, 5.74) is 2.61. The molecule has 0 saturated heterocycles. The number of ether oxygens (including phenoxy) is 2. The molecule has 2 amide bonds. The molecule has 0 aliphatic carbocycles. The van der Waals surface area contributed by atoms with Gasteiger partial charge in [0.2, 0.25) is 11.8 Å². The van der Waals surface area contributed by atoms with E-state index < -0.39 is 6.04 Å². The van der Waals surface area contributed by atoms with E-state index in [1.807, 2.05) is 55.5 Å². The van der Waals surface area contributed by atoms with E-state index in [9.17, 15) is 9.59 Å². The average molecular weight is 558 g/mol. The number of halogens is 2. The third-order valence-electron chi connectivity index (χ3n) is 6.25. The standard InChI is InChI=1S/C30H34Cl2N2O4/c1-4-16-33-30(36)26(17-21-8-6-5-7-9-21)34(20-23-12-13-24(31)19-25(23)32)29(35)15-11-22-10-14-27(37-2)28(18-22)38-3/h5-10,12-14,18-19,26H,4,11,15-17,20H2,1-3H3,(H,33,36)/t26-/m0/s1. The van der Waals surface area contributed by atoms with Crippen LogP contribution in [0.1, 0.15) is 36.5 Å². The van der Waals surface area contributed by atoms with E-state index in [1.54, 1.807) is 37.3 Å². The molecule has 0 radical (unpaired) electrons. The number of hydrogen-bond donors (Lipinski definition) is 1. The van der Waals surface area contributed by atoms with Crippen molar-refractivity contribution in [1.82, 2.24) is 10.2 Å². The third-order valence-corrected chi connectivity index (χ3v) is 6.84. The zero-order valence-electron chi connectivity index (χ0n) is 22.0. The van der Waals surface area contributed by atoms with Gasteiger partial charge in [-0.2, -0.15) is 0 Å². The summed E-state index contributed by atoms with van der Waals surface area (Å²) in [6, 6.07) is 19.7. The number of hydrogen-bond acceptors (Lipinski definition) is 4. The maximum absolute atomic E-state index is 13.8. The summed E-state index contributed by atoms with van der Waals surface area (Å²) in [6.45, 7) is 2.70. The summed E-state index contributed by atoms with van der Waals surface area (Å²) in [5.74, 6) is 0.874. The predicted molar refractivity (Wildman–Crippen MR) is 152 cm³/mol. The van der Waals surface area contributed by atoms with Gasteiger partial charge in [0.15, 0.2) is 11.5 Å². The lowest BCUT2D eigenvalue weighted by Gasteiger charge is -2.32. The van der Waals surface area contributed by atoms with Crippen molar-refractivity contribution < 1.29 is 19.1 Å². The van der Waals surface area contributed by atoms with Crippen LogP contribution in [-0.4, -0.2) is 43.5 Å². The number of rotatable bonds is 13. The van der Waals surface area contributed by atoms with Gasteiger partial charge in [-0.25, -0.2) is 0 Å². The van der Waals surface area contributed by atoms with Gasteiger partial charge in [-0.05, 0) is 53.8 Å². The Bertz CT molecular complexity index is 1220. The number of benzene rings is 3. The van der Waals surface area contributed by atoms with E-state index in [0.29, 0.717) is 40.9 Å². The Kier molecular flexibility index (Phi) is 11.3. The van der Waals surface area contributed by atoms with Crippen LogP contribution < -0.4 is 14.8 Å². The lowest BCUT2D eigenvalue weighted by Crippen LogP contribution is -2.50. The van der Waals surface area contributed by atoms with E-state index in [0.717, 1.165) is 23.1 Å². The molecule has 0 saturated carbocycles. The van der Waals surface area contributed by atoms with Gasteiger partial charge in [0.1, 0.15) is 6.04 Å². The maximum Gasteiger partial charge on any atom is 0.243 e. The summed E-state index contributed by atoms with van der Waals surface area (Å²) >= 11 is 12.6. The van der Waals surface area contributed by atoms with Crippen LogP contribution in [0, 0.1) is 0 Å². The van der Waals surface area contributed by atoms with Crippen molar-refractivity contribution in [1.29, 1.82) is 0 Å². The molecule has 0 spiro atoms. The first kappa shape index (κ1) is 29.3. The molecule has 0 aromatic heterocycles. The molecule has 3 rings (SSSR count). The Balaban J connectivity index is 1.92. The van der Waals surface area contributed by atoms with E-state index >= 15 is 0 Å². The molecular weight excluding hydrogens is 523 g/mol. The molecule has 3 aromatic carbocycles. The van der Waals surface area contributed by atoms with Crippen molar-refractivity contribution in [3.63, 3.8) is 0 Å². The highest BCUT2D eigenvalue weighted by Gasteiger charge is 2.30. The van der Waals surface area contributed by atoms with E-state index in [1.165, 1.54) is 0 Å². The highest BCUT2D eigenvalue weighted by molar-refractivity contribution is 6.35. The first-order chi connectivity index (χ1) is 18.4. The molecule has 0 fully saturated rings. The summed E-state index contributed by atoms with van der Waals surface area (Å²) < 4.78 is 10.7. The summed E-state index contributed by atoms with van der Waals surface area (Å²) in [6.07, 6.45) is 1.84. The smallest absolute Gasteiger partial charge is 0.243 e. The molecule has 1 atom stereocenters. The SMILES string of the molecule is CCCNC(=O)[C@H](Cc1ccccc1)N(Cc1ccc(Cl)cc1Cl)C(=O)CCc1ccc(OC)c(OC)c1. The van der Waals surface area contributed by atoms with Crippen molar-refractivity contribution in [2.45, 2.75) is 45.2 Å². The number of nitrogens with one attached hydrogen (secondary N) is 1. The van der Waals surface area contributed by atoms with Crippen molar-refractivity contribution in [3.05, 3.63) is 93.5 Å². The molecule has 0 bridgehead atoms. The van der Waals surface area contributed by atoms with Crippen molar-refractivity contribution in [2.24, 2.45) is 0 Å². The van der Waals surface area contributed by atoms with Crippen molar-refractivity contribution in [2.75, 3.05) is 20.8 Å².